The van der Waals surface area contributed by atoms with Gasteiger partial charge in [0.15, 0.2) is 0 Å². The van der Waals surface area contributed by atoms with Crippen molar-refractivity contribution in [2.75, 3.05) is 32.9 Å². The topological polar surface area (TPSA) is 30.9 Å². The molecule has 5 heteroatoms. The van der Waals surface area contributed by atoms with Crippen LogP contribution in [0.2, 0.25) is 0 Å². The summed E-state index contributed by atoms with van der Waals surface area (Å²) in [4.78, 5) is 2.57. The van der Waals surface area contributed by atoms with E-state index < -0.39 is 8.80 Å². The summed E-state index contributed by atoms with van der Waals surface area (Å²) in [6.45, 7) is 10.6. The Morgan fingerprint density at radius 3 is 1.91 bits per heavy atom. The fourth-order valence-corrected chi connectivity index (χ4v) is 7.17. The van der Waals surface area contributed by atoms with Crippen LogP contribution in [0.5, 0.6) is 0 Å². The van der Waals surface area contributed by atoms with Gasteiger partial charge in [0.05, 0.1) is 5.67 Å². The highest BCUT2D eigenvalue weighted by atomic mass is 28.4. The Hall–Kier alpha value is 0.0569. The summed E-state index contributed by atoms with van der Waals surface area (Å²) < 4.78 is 18.3. The van der Waals surface area contributed by atoms with Gasteiger partial charge < -0.3 is 13.3 Å². The van der Waals surface area contributed by atoms with Crippen LogP contribution in [-0.4, -0.2) is 52.3 Å². The second-order valence-electron chi connectivity index (χ2n) is 6.54. The molecule has 0 N–H and O–H groups in total. The van der Waals surface area contributed by atoms with Crippen LogP contribution in [-0.2, 0) is 13.3 Å². The molecule has 0 radical (unpaired) electrons. The van der Waals surface area contributed by atoms with E-state index in [-0.39, 0.29) is 0 Å². The number of rotatable bonds is 10. The molecule has 130 valence electrons. The molecule has 1 aliphatic heterocycles. The van der Waals surface area contributed by atoms with E-state index in [0.29, 0.717) is 25.5 Å². The van der Waals surface area contributed by atoms with Crippen molar-refractivity contribution in [3.8, 4) is 0 Å². The van der Waals surface area contributed by atoms with E-state index in [1.165, 1.54) is 51.6 Å². The summed E-state index contributed by atoms with van der Waals surface area (Å²) in [5.41, 5.74) is 0.385. The van der Waals surface area contributed by atoms with Gasteiger partial charge in [0.1, 0.15) is 0 Å². The molecule has 2 rings (SSSR count). The van der Waals surface area contributed by atoms with E-state index in [0.717, 1.165) is 12.3 Å². The van der Waals surface area contributed by atoms with E-state index >= 15 is 0 Å². The molecule has 0 spiro atoms. The predicted octanol–water partition coefficient (Wildman–Crippen LogP) is 3.62. The lowest BCUT2D eigenvalue weighted by Crippen LogP contribution is -2.68. The Kier molecular flexibility index (Phi) is 7.84. The standard InChI is InChI=1S/C17H35NO3Si/c1-4-19-22(20-5-2,21-6-3)17-13-15-18(17)14-12-16-10-8-7-9-11-16/h16-17H,4-15H2,1-3H3. The number of hydrogen-bond donors (Lipinski definition) is 0. The maximum atomic E-state index is 6.09. The first-order chi connectivity index (χ1) is 10.8. The Bertz CT molecular complexity index is 293. The zero-order valence-corrected chi connectivity index (χ0v) is 15.8. The number of nitrogens with zero attached hydrogens (tertiary/aromatic N) is 1. The molecule has 1 heterocycles. The highest BCUT2D eigenvalue weighted by molar-refractivity contribution is 6.62. The summed E-state index contributed by atoms with van der Waals surface area (Å²) in [5, 5.41) is 0. The average Bonchev–Trinajstić information content (AvgIpc) is 2.48. The SMILES string of the molecule is CCO[Si](OCC)(OCC)C1CCN1CCC1CCCCC1. The first-order valence-corrected chi connectivity index (χ1v) is 11.2. The number of likely N-dealkylation sites (tertiary alicyclic amines) is 1. The lowest BCUT2D eigenvalue weighted by atomic mass is 9.87. The maximum absolute atomic E-state index is 6.09. The van der Waals surface area contributed by atoms with Crippen molar-refractivity contribution in [1.82, 2.24) is 4.90 Å². The van der Waals surface area contributed by atoms with Crippen molar-refractivity contribution in [3.05, 3.63) is 0 Å². The molecule has 1 atom stereocenters. The Balaban J connectivity index is 1.89. The quantitative estimate of drug-likeness (QED) is 0.573. The molecular formula is C17H35NO3Si. The zero-order chi connectivity index (χ0) is 15.8. The molecule has 1 saturated carbocycles. The van der Waals surface area contributed by atoms with Crippen LogP contribution >= 0.6 is 0 Å². The van der Waals surface area contributed by atoms with Gasteiger partial charge in [-0.25, -0.2) is 0 Å². The van der Waals surface area contributed by atoms with Crippen molar-refractivity contribution in [2.45, 2.75) is 71.4 Å². The lowest BCUT2D eigenvalue weighted by molar-refractivity contribution is 0.00225. The van der Waals surface area contributed by atoms with E-state index in [9.17, 15) is 0 Å². The first kappa shape index (κ1) is 18.4. The minimum atomic E-state index is -2.54. The highest BCUT2D eigenvalue weighted by Crippen LogP contribution is 2.32. The third-order valence-corrected chi connectivity index (χ3v) is 8.67. The van der Waals surface area contributed by atoms with Crippen molar-refractivity contribution in [2.24, 2.45) is 5.92 Å². The minimum Gasteiger partial charge on any atom is -0.373 e. The Labute approximate surface area is 137 Å². The van der Waals surface area contributed by atoms with Crippen LogP contribution in [0.1, 0.15) is 65.7 Å². The van der Waals surface area contributed by atoms with Gasteiger partial charge in [-0.3, -0.25) is 4.90 Å². The van der Waals surface area contributed by atoms with Gasteiger partial charge in [-0.1, -0.05) is 32.1 Å². The van der Waals surface area contributed by atoms with Crippen LogP contribution in [0.4, 0.5) is 0 Å². The molecular weight excluding hydrogens is 294 g/mol. The van der Waals surface area contributed by atoms with E-state index in [2.05, 4.69) is 4.90 Å². The summed E-state index contributed by atoms with van der Waals surface area (Å²) in [7, 11) is -2.54. The molecule has 0 aromatic rings. The van der Waals surface area contributed by atoms with E-state index in [1.54, 1.807) is 0 Å². The normalized spacial score (nSPS) is 24.4. The third-order valence-electron chi connectivity index (χ3n) is 5.12. The van der Waals surface area contributed by atoms with Crippen molar-refractivity contribution in [3.63, 3.8) is 0 Å². The van der Waals surface area contributed by atoms with Crippen LogP contribution in [0.25, 0.3) is 0 Å². The van der Waals surface area contributed by atoms with Gasteiger partial charge in [0, 0.05) is 19.8 Å². The van der Waals surface area contributed by atoms with Gasteiger partial charge in [-0.05, 0) is 52.6 Å². The van der Waals surface area contributed by atoms with E-state index in [1.807, 2.05) is 20.8 Å². The fraction of sp³-hybridized carbons (Fsp3) is 1.00. The molecule has 1 saturated heterocycles. The van der Waals surface area contributed by atoms with Gasteiger partial charge in [0.2, 0.25) is 0 Å². The van der Waals surface area contributed by atoms with Crippen LogP contribution in [0.15, 0.2) is 0 Å². The van der Waals surface area contributed by atoms with Gasteiger partial charge in [-0.15, -0.1) is 0 Å². The second-order valence-corrected chi connectivity index (χ2v) is 9.28. The van der Waals surface area contributed by atoms with Crippen LogP contribution < -0.4 is 0 Å². The highest BCUT2D eigenvalue weighted by Gasteiger charge is 2.55. The molecule has 0 bridgehead atoms. The lowest BCUT2D eigenvalue weighted by Gasteiger charge is -2.48. The zero-order valence-electron chi connectivity index (χ0n) is 14.8. The Morgan fingerprint density at radius 1 is 0.864 bits per heavy atom. The molecule has 22 heavy (non-hydrogen) atoms. The summed E-state index contributed by atoms with van der Waals surface area (Å²) in [5.74, 6) is 0.942. The monoisotopic (exact) mass is 329 g/mol. The molecule has 0 amide bonds. The molecule has 1 aliphatic carbocycles. The van der Waals surface area contributed by atoms with Crippen molar-refractivity contribution < 1.29 is 13.3 Å². The predicted molar refractivity (Wildman–Crippen MR) is 91.8 cm³/mol. The Morgan fingerprint density at radius 2 is 1.45 bits per heavy atom. The van der Waals surface area contributed by atoms with Gasteiger partial charge in [-0.2, -0.15) is 0 Å². The molecule has 4 nitrogen and oxygen atoms in total. The van der Waals surface area contributed by atoms with Crippen molar-refractivity contribution in [1.29, 1.82) is 0 Å². The average molecular weight is 330 g/mol. The fourth-order valence-electron chi connectivity index (χ4n) is 3.95. The smallest absolute Gasteiger partial charge is 0.373 e. The largest absolute Gasteiger partial charge is 0.519 e. The van der Waals surface area contributed by atoms with E-state index in [4.69, 9.17) is 13.3 Å². The molecule has 0 aromatic carbocycles. The first-order valence-electron chi connectivity index (χ1n) is 9.41. The maximum Gasteiger partial charge on any atom is 0.519 e. The molecule has 0 aromatic heterocycles. The number of hydrogen-bond acceptors (Lipinski definition) is 4. The van der Waals surface area contributed by atoms with Crippen molar-refractivity contribution >= 4 is 8.80 Å². The van der Waals surface area contributed by atoms with Gasteiger partial charge in [0.25, 0.3) is 0 Å². The second kappa shape index (κ2) is 9.38. The molecule has 1 unspecified atom stereocenters. The van der Waals surface area contributed by atoms with Gasteiger partial charge >= 0.3 is 8.80 Å². The minimum absolute atomic E-state index is 0.385. The summed E-state index contributed by atoms with van der Waals surface area (Å²) in [6, 6.07) is 0. The summed E-state index contributed by atoms with van der Waals surface area (Å²) >= 11 is 0. The van der Waals surface area contributed by atoms with Crippen LogP contribution in [0, 0.1) is 5.92 Å². The molecule has 2 aliphatic rings. The molecule has 2 fully saturated rings. The summed E-state index contributed by atoms with van der Waals surface area (Å²) in [6.07, 6.45) is 9.68. The van der Waals surface area contributed by atoms with Crippen LogP contribution in [0.3, 0.4) is 0 Å². The third kappa shape index (κ3) is 4.54.